The minimum absolute atomic E-state index is 0.496. The molecule has 0 N–H and O–H groups in total. The van der Waals surface area contributed by atoms with Crippen molar-refractivity contribution in [2.75, 3.05) is 4.90 Å². The van der Waals surface area contributed by atoms with Gasteiger partial charge in [-0.1, -0.05) is 140 Å². The van der Waals surface area contributed by atoms with Crippen LogP contribution in [0.4, 0.5) is 17.1 Å². The Morgan fingerprint density at radius 1 is 0.408 bits per heavy atom. The average molecular weight is 623 g/mol. The molecule has 0 radical (unpaired) electrons. The van der Waals surface area contributed by atoms with E-state index in [1.807, 2.05) is 0 Å². The Labute approximate surface area is 284 Å². The van der Waals surface area contributed by atoms with E-state index in [2.05, 4.69) is 191 Å². The summed E-state index contributed by atoms with van der Waals surface area (Å²) in [6.07, 6.45) is 0. The highest BCUT2D eigenvalue weighted by Crippen LogP contribution is 2.61. The summed E-state index contributed by atoms with van der Waals surface area (Å²) in [5.74, 6) is 0. The number of anilines is 3. The van der Waals surface area contributed by atoms with E-state index in [0.29, 0.717) is 0 Å². The Morgan fingerprint density at radius 3 is 1.98 bits per heavy atom. The van der Waals surface area contributed by atoms with E-state index in [0.717, 1.165) is 11.4 Å². The second-order valence-corrected chi connectivity index (χ2v) is 13.3. The Balaban J connectivity index is 1.28. The molecule has 49 heavy (non-hydrogen) atoms. The number of hydrogen-bond acceptors (Lipinski definition) is 1. The van der Waals surface area contributed by atoms with Crippen molar-refractivity contribution in [1.29, 1.82) is 0 Å². The highest BCUT2D eigenvalue weighted by atomic mass is 15.1. The van der Waals surface area contributed by atoms with Crippen LogP contribution in [0.25, 0.3) is 49.4 Å². The van der Waals surface area contributed by atoms with Crippen LogP contribution in [0, 0.1) is 0 Å². The summed E-state index contributed by atoms with van der Waals surface area (Å²) in [4.78, 5) is 2.44. The Morgan fingerprint density at radius 2 is 1.06 bits per heavy atom. The van der Waals surface area contributed by atoms with Crippen LogP contribution in [-0.4, -0.2) is 4.57 Å². The molecule has 9 aromatic rings. The molecule has 0 saturated carbocycles. The van der Waals surface area contributed by atoms with Crippen molar-refractivity contribution in [3.8, 4) is 16.8 Å². The molecule has 1 aromatic heterocycles. The van der Waals surface area contributed by atoms with Crippen molar-refractivity contribution >= 4 is 49.6 Å². The molecule has 1 atom stereocenters. The molecule has 0 bridgehead atoms. The molecule has 1 spiro atoms. The molecule has 1 unspecified atom stereocenters. The Kier molecular flexibility index (Phi) is 5.34. The minimum Gasteiger partial charge on any atom is -0.310 e. The van der Waals surface area contributed by atoms with E-state index in [1.165, 1.54) is 77.3 Å². The molecule has 1 aliphatic heterocycles. The fourth-order valence-corrected chi connectivity index (χ4v) is 9.10. The van der Waals surface area contributed by atoms with E-state index < -0.39 is 5.41 Å². The number of para-hydroxylation sites is 4. The zero-order valence-electron chi connectivity index (χ0n) is 26.7. The maximum atomic E-state index is 2.51. The molecule has 0 fully saturated rings. The largest absolute Gasteiger partial charge is 0.310 e. The van der Waals surface area contributed by atoms with Gasteiger partial charge >= 0.3 is 0 Å². The molecular weight excluding hydrogens is 593 g/mol. The fourth-order valence-electron chi connectivity index (χ4n) is 9.10. The zero-order valence-corrected chi connectivity index (χ0v) is 26.7. The summed E-state index contributed by atoms with van der Waals surface area (Å²) in [6.45, 7) is 0. The monoisotopic (exact) mass is 622 g/mol. The summed E-state index contributed by atoms with van der Waals surface area (Å²) in [6, 6.07) is 67.3. The molecular formula is C47H30N2. The molecule has 2 heterocycles. The normalized spacial score (nSPS) is 15.4. The van der Waals surface area contributed by atoms with Crippen LogP contribution in [0.2, 0.25) is 0 Å². The van der Waals surface area contributed by atoms with E-state index in [-0.39, 0.29) is 0 Å². The van der Waals surface area contributed by atoms with Gasteiger partial charge in [0.25, 0.3) is 0 Å². The second-order valence-electron chi connectivity index (χ2n) is 13.3. The van der Waals surface area contributed by atoms with E-state index in [9.17, 15) is 0 Å². The molecule has 8 aromatic carbocycles. The second kappa shape index (κ2) is 9.82. The number of hydrogen-bond donors (Lipinski definition) is 0. The van der Waals surface area contributed by atoms with Crippen LogP contribution in [0.5, 0.6) is 0 Å². The number of rotatable bonds is 3. The van der Waals surface area contributed by atoms with Crippen molar-refractivity contribution in [2.24, 2.45) is 0 Å². The van der Waals surface area contributed by atoms with Crippen molar-refractivity contribution < 1.29 is 0 Å². The quantitative estimate of drug-likeness (QED) is 0.190. The van der Waals surface area contributed by atoms with Crippen LogP contribution in [0.1, 0.15) is 22.3 Å². The van der Waals surface area contributed by atoms with Gasteiger partial charge in [0, 0.05) is 27.5 Å². The van der Waals surface area contributed by atoms with Gasteiger partial charge in [-0.05, 0) is 81.2 Å². The van der Waals surface area contributed by atoms with Crippen molar-refractivity contribution in [3.63, 3.8) is 0 Å². The molecule has 2 aliphatic rings. The van der Waals surface area contributed by atoms with Crippen LogP contribution in [-0.2, 0) is 5.41 Å². The first kappa shape index (κ1) is 26.7. The summed E-state index contributed by atoms with van der Waals surface area (Å²) >= 11 is 0. The smallest absolute Gasteiger partial charge is 0.0755 e. The first-order chi connectivity index (χ1) is 24.3. The third-order valence-corrected chi connectivity index (χ3v) is 11.0. The zero-order chi connectivity index (χ0) is 32.1. The van der Waals surface area contributed by atoms with Gasteiger partial charge in [0.1, 0.15) is 0 Å². The summed E-state index contributed by atoms with van der Waals surface area (Å²) in [7, 11) is 0. The van der Waals surface area contributed by atoms with Crippen molar-refractivity contribution in [1.82, 2.24) is 4.57 Å². The van der Waals surface area contributed by atoms with Gasteiger partial charge < -0.3 is 9.47 Å². The molecule has 0 saturated heterocycles. The van der Waals surface area contributed by atoms with Gasteiger partial charge in [0.15, 0.2) is 0 Å². The van der Waals surface area contributed by atoms with Gasteiger partial charge in [-0.3, -0.25) is 0 Å². The van der Waals surface area contributed by atoms with Gasteiger partial charge in [0.05, 0.1) is 27.8 Å². The summed E-state index contributed by atoms with van der Waals surface area (Å²) < 4.78 is 2.51. The topological polar surface area (TPSA) is 8.17 Å². The number of benzene rings is 8. The average Bonchev–Trinajstić information content (AvgIpc) is 3.66. The lowest BCUT2D eigenvalue weighted by molar-refractivity contribution is 0.748. The standard InChI is InChI=1S/C47H30N2/c1-2-16-32(17-3-1)48(43-27-12-15-31-14-4-5-18-34(31)43)33-28-29-36-35-19-6-8-22-39(35)47(42(36)30-33)40-23-9-11-26-45(40)49-44-25-10-7-20-37(44)38-21-13-24-41(47)46(38)49/h1-30H. The van der Waals surface area contributed by atoms with Crippen LogP contribution < -0.4 is 4.90 Å². The van der Waals surface area contributed by atoms with Gasteiger partial charge in [-0.15, -0.1) is 0 Å². The van der Waals surface area contributed by atoms with Gasteiger partial charge in [-0.25, -0.2) is 0 Å². The van der Waals surface area contributed by atoms with Crippen LogP contribution in [0.3, 0.4) is 0 Å². The lowest BCUT2D eigenvalue weighted by Crippen LogP contribution is -2.33. The first-order valence-corrected chi connectivity index (χ1v) is 17.0. The van der Waals surface area contributed by atoms with Crippen molar-refractivity contribution in [2.45, 2.75) is 5.41 Å². The predicted molar refractivity (Wildman–Crippen MR) is 204 cm³/mol. The third kappa shape index (κ3) is 3.40. The third-order valence-electron chi connectivity index (χ3n) is 11.0. The lowest BCUT2D eigenvalue weighted by Gasteiger charge is -2.40. The summed E-state index contributed by atoms with van der Waals surface area (Å²) in [5, 5.41) is 5.04. The van der Waals surface area contributed by atoms with E-state index >= 15 is 0 Å². The Hall–Kier alpha value is -6.38. The first-order valence-electron chi connectivity index (χ1n) is 17.0. The minimum atomic E-state index is -0.496. The molecule has 11 rings (SSSR count). The highest BCUT2D eigenvalue weighted by Gasteiger charge is 2.51. The number of nitrogens with zero attached hydrogens (tertiary/aromatic N) is 2. The molecule has 0 amide bonds. The lowest BCUT2D eigenvalue weighted by atomic mass is 9.65. The maximum Gasteiger partial charge on any atom is 0.0755 e. The number of aromatic nitrogens is 1. The van der Waals surface area contributed by atoms with Crippen LogP contribution >= 0.6 is 0 Å². The van der Waals surface area contributed by atoms with Gasteiger partial charge in [-0.2, -0.15) is 0 Å². The number of fused-ring (bicyclic) bond motifs is 13. The van der Waals surface area contributed by atoms with Crippen LogP contribution in [0.15, 0.2) is 182 Å². The molecule has 1 aliphatic carbocycles. The van der Waals surface area contributed by atoms with Gasteiger partial charge in [0.2, 0.25) is 0 Å². The SMILES string of the molecule is c1ccc(N(c2ccc3c(c2)C2(c4ccccc4-3)c3ccccc3-n3c4ccccc4c4cccc2c43)c2cccc3ccccc23)cc1. The maximum absolute atomic E-state index is 2.51. The fraction of sp³-hybridized carbons (Fsp3) is 0.0213. The predicted octanol–water partition coefficient (Wildman–Crippen LogP) is 12.1. The van der Waals surface area contributed by atoms with E-state index in [4.69, 9.17) is 0 Å². The van der Waals surface area contributed by atoms with Crippen molar-refractivity contribution in [3.05, 3.63) is 204 Å². The molecule has 2 nitrogen and oxygen atoms in total. The Bertz CT molecular complexity index is 2780. The van der Waals surface area contributed by atoms with E-state index in [1.54, 1.807) is 0 Å². The molecule has 2 heteroatoms. The highest BCUT2D eigenvalue weighted by molar-refractivity contribution is 6.13. The summed E-state index contributed by atoms with van der Waals surface area (Å²) in [5.41, 5.74) is 14.6. The molecule has 228 valence electrons.